The van der Waals surface area contributed by atoms with Crippen LogP contribution >= 0.6 is 11.6 Å². The first-order valence-corrected chi connectivity index (χ1v) is 10.2. The molecule has 0 atom stereocenters. The number of morpholine rings is 1. The van der Waals surface area contributed by atoms with Gasteiger partial charge in [0.2, 0.25) is 0 Å². The molecule has 176 valence electrons. The predicted octanol–water partition coefficient (Wildman–Crippen LogP) is 2.96. The van der Waals surface area contributed by atoms with E-state index in [4.69, 9.17) is 16.3 Å². The topological polar surface area (TPSA) is 91.0 Å². The van der Waals surface area contributed by atoms with Crippen molar-refractivity contribution in [3.8, 4) is 0 Å². The normalized spacial score (nSPS) is 13.5. The minimum absolute atomic E-state index is 0.111. The Bertz CT molecular complexity index is 1020. The molecule has 0 aromatic heterocycles. The summed E-state index contributed by atoms with van der Waals surface area (Å²) in [7, 11) is 0. The van der Waals surface area contributed by atoms with Gasteiger partial charge in [-0.15, -0.1) is 0 Å². The summed E-state index contributed by atoms with van der Waals surface area (Å²) in [6, 6.07) is 9.56. The van der Waals surface area contributed by atoms with Crippen molar-refractivity contribution < 1.29 is 32.3 Å². The van der Waals surface area contributed by atoms with E-state index in [-0.39, 0.29) is 23.7 Å². The maximum Gasteiger partial charge on any atom is 0.324 e. The number of carbonyl (C=O) groups is 3. The number of ether oxygens (including phenoxy) is 1. The summed E-state index contributed by atoms with van der Waals surface area (Å²) in [5, 5.41) is 0.470. The van der Waals surface area contributed by atoms with E-state index >= 15 is 0 Å². The van der Waals surface area contributed by atoms with Crippen molar-refractivity contribution in [1.29, 1.82) is 0 Å². The largest absolute Gasteiger partial charge is 0.378 e. The van der Waals surface area contributed by atoms with E-state index in [1.54, 1.807) is 34.6 Å². The monoisotopic (exact) mass is 484 g/mol. The summed E-state index contributed by atoms with van der Waals surface area (Å²) in [6.45, 7) is 1.40. The Kier molecular flexibility index (Phi) is 8.12. The molecule has 0 unspecified atom stereocenters. The zero-order valence-electron chi connectivity index (χ0n) is 17.2. The van der Waals surface area contributed by atoms with Gasteiger partial charge in [0.1, 0.15) is 5.82 Å². The highest BCUT2D eigenvalue weighted by Gasteiger charge is 2.25. The van der Waals surface area contributed by atoms with E-state index in [0.29, 0.717) is 37.0 Å². The number of nitrogens with zero attached hydrogens (tertiary/aromatic N) is 2. The molecule has 1 saturated heterocycles. The molecule has 1 fully saturated rings. The second-order valence-electron chi connectivity index (χ2n) is 6.99. The molecule has 0 bridgehead atoms. The summed E-state index contributed by atoms with van der Waals surface area (Å²) in [4.78, 5) is 39.0. The highest BCUT2D eigenvalue weighted by atomic mass is 35.5. The van der Waals surface area contributed by atoms with E-state index in [1.165, 1.54) is 22.5 Å². The first-order valence-electron chi connectivity index (χ1n) is 9.83. The van der Waals surface area contributed by atoms with Crippen LogP contribution in [-0.2, 0) is 16.1 Å². The highest BCUT2D eigenvalue weighted by Crippen LogP contribution is 2.23. The predicted molar refractivity (Wildman–Crippen MR) is 113 cm³/mol. The van der Waals surface area contributed by atoms with Crippen LogP contribution in [0, 0.1) is 5.82 Å². The molecule has 33 heavy (non-hydrogen) atoms. The Balaban J connectivity index is 1.79. The number of hydrogen-bond donors (Lipinski definition) is 2. The lowest BCUT2D eigenvalue weighted by Gasteiger charge is -2.33. The van der Waals surface area contributed by atoms with Gasteiger partial charge >= 0.3 is 18.4 Å². The first-order chi connectivity index (χ1) is 15.8. The molecule has 3 rings (SSSR count). The van der Waals surface area contributed by atoms with E-state index < -0.39 is 24.1 Å². The van der Waals surface area contributed by atoms with Crippen LogP contribution < -0.4 is 15.8 Å². The summed E-state index contributed by atoms with van der Waals surface area (Å²) < 4.78 is 44.5. The van der Waals surface area contributed by atoms with Gasteiger partial charge in [0.15, 0.2) is 0 Å². The number of benzene rings is 2. The van der Waals surface area contributed by atoms with Gasteiger partial charge < -0.3 is 9.64 Å². The molecule has 0 saturated carbocycles. The smallest absolute Gasteiger partial charge is 0.324 e. The van der Waals surface area contributed by atoms with Crippen LogP contribution in [0.2, 0.25) is 5.02 Å². The lowest BCUT2D eigenvalue weighted by molar-refractivity contribution is -0.132. The van der Waals surface area contributed by atoms with Gasteiger partial charge in [-0.1, -0.05) is 17.7 Å². The van der Waals surface area contributed by atoms with Crippen LogP contribution in [0.1, 0.15) is 15.9 Å². The van der Waals surface area contributed by atoms with Gasteiger partial charge in [-0.2, -0.15) is 8.78 Å². The Hall–Kier alpha value is -3.31. The molecule has 0 radical (unpaired) electrons. The SMILES string of the molecule is O=C(NNC(=O)C(F)F)c1ccc(CN(C(=O)N2CCOCC2)c2ccc(Cl)cc2)c(F)c1. The van der Waals surface area contributed by atoms with Crippen LogP contribution in [-0.4, -0.2) is 55.5 Å². The molecule has 1 aliphatic heterocycles. The third kappa shape index (κ3) is 6.36. The average molecular weight is 485 g/mol. The maximum absolute atomic E-state index is 14.8. The number of alkyl halides is 2. The maximum atomic E-state index is 14.8. The first kappa shape index (κ1) is 24.3. The molecule has 8 nitrogen and oxygen atoms in total. The third-order valence-corrected chi connectivity index (χ3v) is 5.04. The van der Waals surface area contributed by atoms with Gasteiger partial charge in [-0.25, -0.2) is 9.18 Å². The van der Waals surface area contributed by atoms with E-state index in [2.05, 4.69) is 0 Å². The number of hydrogen-bond acceptors (Lipinski definition) is 4. The number of halogens is 4. The van der Waals surface area contributed by atoms with Gasteiger partial charge in [0, 0.05) is 34.9 Å². The molecular formula is C21H20ClF3N4O4. The second kappa shape index (κ2) is 11.0. The average Bonchev–Trinajstić information content (AvgIpc) is 2.82. The fraction of sp³-hybridized carbons (Fsp3) is 0.286. The van der Waals surface area contributed by atoms with E-state index in [1.807, 2.05) is 0 Å². The highest BCUT2D eigenvalue weighted by molar-refractivity contribution is 6.30. The summed E-state index contributed by atoms with van der Waals surface area (Å²) >= 11 is 5.94. The molecule has 12 heteroatoms. The second-order valence-corrected chi connectivity index (χ2v) is 7.43. The molecule has 1 aliphatic rings. The number of anilines is 1. The number of rotatable bonds is 5. The summed E-state index contributed by atoms with van der Waals surface area (Å²) in [5.41, 5.74) is 3.71. The number of carbonyl (C=O) groups excluding carboxylic acids is 3. The van der Waals surface area contributed by atoms with E-state index in [9.17, 15) is 27.6 Å². The minimum atomic E-state index is -3.31. The van der Waals surface area contributed by atoms with Crippen molar-refractivity contribution in [2.24, 2.45) is 0 Å². The third-order valence-electron chi connectivity index (χ3n) is 4.79. The van der Waals surface area contributed by atoms with Crippen LogP contribution in [0.5, 0.6) is 0 Å². The molecule has 0 aliphatic carbocycles. The Morgan fingerprint density at radius 1 is 1.06 bits per heavy atom. The fourth-order valence-corrected chi connectivity index (χ4v) is 3.17. The van der Waals surface area contributed by atoms with Crippen molar-refractivity contribution in [1.82, 2.24) is 15.8 Å². The molecule has 0 spiro atoms. The Morgan fingerprint density at radius 2 is 1.73 bits per heavy atom. The van der Waals surface area contributed by atoms with Crippen molar-refractivity contribution in [3.63, 3.8) is 0 Å². The Morgan fingerprint density at radius 3 is 2.33 bits per heavy atom. The Labute approximate surface area is 192 Å². The summed E-state index contributed by atoms with van der Waals surface area (Å²) in [6.07, 6.45) is -3.31. The van der Waals surface area contributed by atoms with Crippen molar-refractivity contribution in [3.05, 3.63) is 64.4 Å². The number of hydrazine groups is 1. The number of nitrogens with one attached hydrogen (secondary N) is 2. The van der Waals surface area contributed by atoms with Crippen molar-refractivity contribution >= 4 is 35.1 Å². The van der Waals surface area contributed by atoms with Crippen LogP contribution in [0.4, 0.5) is 23.7 Å². The fourth-order valence-electron chi connectivity index (χ4n) is 3.05. The van der Waals surface area contributed by atoms with Gasteiger partial charge in [-0.3, -0.25) is 25.3 Å². The molecule has 2 N–H and O–H groups in total. The number of urea groups is 1. The molecular weight excluding hydrogens is 465 g/mol. The molecule has 4 amide bonds. The van der Waals surface area contributed by atoms with Crippen molar-refractivity contribution in [2.75, 3.05) is 31.2 Å². The minimum Gasteiger partial charge on any atom is -0.378 e. The van der Waals surface area contributed by atoms with Crippen LogP contribution in [0.15, 0.2) is 42.5 Å². The number of amides is 4. The van der Waals surface area contributed by atoms with Gasteiger partial charge in [0.05, 0.1) is 19.8 Å². The van der Waals surface area contributed by atoms with Gasteiger partial charge in [-0.05, 0) is 36.4 Å². The van der Waals surface area contributed by atoms with E-state index in [0.717, 1.165) is 6.07 Å². The molecule has 2 aromatic carbocycles. The molecule has 2 aromatic rings. The van der Waals surface area contributed by atoms with Crippen molar-refractivity contribution in [2.45, 2.75) is 13.0 Å². The van der Waals surface area contributed by atoms with Gasteiger partial charge in [0.25, 0.3) is 5.91 Å². The zero-order chi connectivity index (χ0) is 24.0. The molecule has 1 heterocycles. The lowest BCUT2D eigenvalue weighted by Crippen LogP contribution is -2.48. The lowest BCUT2D eigenvalue weighted by atomic mass is 10.1. The van der Waals surface area contributed by atoms with Crippen LogP contribution in [0.3, 0.4) is 0 Å². The zero-order valence-corrected chi connectivity index (χ0v) is 17.9. The summed E-state index contributed by atoms with van der Waals surface area (Å²) in [5.74, 6) is -3.47. The standard InChI is InChI=1S/C21H20ClF3N4O4/c22-15-3-5-16(6-4-15)29(21(32)28-7-9-33-10-8-28)12-14-2-1-13(11-17(14)23)19(30)26-27-20(31)18(24)25/h1-6,11,18H,7-10,12H2,(H,26,30)(H,27,31). The quantitative estimate of drug-likeness (QED) is 0.638. The van der Waals surface area contributed by atoms with Crippen LogP contribution in [0.25, 0.3) is 0 Å².